The number of benzene rings is 1. The number of hydrogen-bond donors (Lipinski definition) is 2. The third-order valence-electron chi connectivity index (χ3n) is 3.63. The summed E-state index contributed by atoms with van der Waals surface area (Å²) in [5.74, 6) is 0.135. The second kappa shape index (κ2) is 5.56. The molecule has 1 aromatic carbocycles. The van der Waals surface area contributed by atoms with Crippen LogP contribution in [-0.4, -0.2) is 39.9 Å². The van der Waals surface area contributed by atoms with Crippen LogP contribution in [0.3, 0.4) is 0 Å². The van der Waals surface area contributed by atoms with Gasteiger partial charge >= 0.3 is 6.09 Å². The fourth-order valence-corrected chi connectivity index (χ4v) is 2.47. The van der Waals surface area contributed by atoms with Gasteiger partial charge in [0.05, 0.1) is 5.60 Å². The van der Waals surface area contributed by atoms with Crippen molar-refractivity contribution in [1.29, 1.82) is 0 Å². The molecule has 0 aromatic heterocycles. The SMILES string of the molecule is CC(C)(C)OC(=O)N1CCC(O)(c2cccc(O)c2)CC1. The minimum absolute atomic E-state index is 0.135. The van der Waals surface area contributed by atoms with Gasteiger partial charge in [0.25, 0.3) is 0 Å². The molecule has 0 aliphatic carbocycles. The number of carbonyl (C=O) groups excluding carboxylic acids is 1. The minimum Gasteiger partial charge on any atom is -0.508 e. The molecular weight excluding hydrogens is 270 g/mol. The molecule has 116 valence electrons. The summed E-state index contributed by atoms with van der Waals surface area (Å²) in [5.41, 5.74) is -0.834. The highest BCUT2D eigenvalue weighted by Crippen LogP contribution is 2.34. The van der Waals surface area contributed by atoms with Crippen LogP contribution in [0.2, 0.25) is 0 Å². The van der Waals surface area contributed by atoms with Crippen LogP contribution in [0.15, 0.2) is 24.3 Å². The van der Waals surface area contributed by atoms with E-state index >= 15 is 0 Å². The van der Waals surface area contributed by atoms with E-state index in [1.807, 2.05) is 20.8 Å². The summed E-state index contributed by atoms with van der Waals surface area (Å²) in [7, 11) is 0. The molecule has 0 bridgehead atoms. The molecule has 1 saturated heterocycles. The number of nitrogens with zero attached hydrogens (tertiary/aromatic N) is 1. The molecule has 1 heterocycles. The highest BCUT2D eigenvalue weighted by molar-refractivity contribution is 5.68. The monoisotopic (exact) mass is 293 g/mol. The quantitative estimate of drug-likeness (QED) is 0.835. The van der Waals surface area contributed by atoms with E-state index in [1.54, 1.807) is 29.2 Å². The van der Waals surface area contributed by atoms with Crippen LogP contribution in [0.4, 0.5) is 4.79 Å². The zero-order valence-corrected chi connectivity index (χ0v) is 12.8. The maximum atomic E-state index is 12.0. The third-order valence-corrected chi connectivity index (χ3v) is 3.63. The molecule has 0 saturated carbocycles. The number of piperidine rings is 1. The van der Waals surface area contributed by atoms with E-state index < -0.39 is 11.2 Å². The lowest BCUT2D eigenvalue weighted by atomic mass is 9.84. The van der Waals surface area contributed by atoms with Gasteiger partial charge < -0.3 is 19.8 Å². The fraction of sp³-hybridized carbons (Fsp3) is 0.562. The van der Waals surface area contributed by atoms with Crippen molar-refractivity contribution >= 4 is 6.09 Å². The topological polar surface area (TPSA) is 70.0 Å². The summed E-state index contributed by atoms with van der Waals surface area (Å²) in [6.45, 7) is 6.36. The van der Waals surface area contributed by atoms with E-state index in [4.69, 9.17) is 4.74 Å². The molecule has 2 N–H and O–H groups in total. The van der Waals surface area contributed by atoms with E-state index in [9.17, 15) is 15.0 Å². The molecule has 1 amide bonds. The summed E-state index contributed by atoms with van der Waals surface area (Å²) in [6, 6.07) is 6.65. The normalized spacial score (nSPS) is 18.4. The molecule has 2 rings (SSSR count). The van der Waals surface area contributed by atoms with Crippen molar-refractivity contribution in [3.05, 3.63) is 29.8 Å². The minimum atomic E-state index is -1.00. The molecule has 0 atom stereocenters. The van der Waals surface area contributed by atoms with Crippen molar-refractivity contribution in [1.82, 2.24) is 4.90 Å². The lowest BCUT2D eigenvalue weighted by molar-refractivity contribution is -0.0357. The Morgan fingerprint density at radius 2 is 1.90 bits per heavy atom. The number of hydrogen-bond acceptors (Lipinski definition) is 4. The number of phenolic OH excluding ortho intramolecular Hbond substituents is 1. The third kappa shape index (κ3) is 3.88. The first kappa shape index (κ1) is 15.6. The summed E-state index contributed by atoms with van der Waals surface area (Å²) in [5, 5.41) is 20.2. The van der Waals surface area contributed by atoms with Crippen LogP contribution in [0, 0.1) is 0 Å². The Balaban J connectivity index is 2.01. The molecule has 0 spiro atoms. The van der Waals surface area contributed by atoms with Crippen LogP contribution in [0.1, 0.15) is 39.2 Å². The van der Waals surface area contributed by atoms with E-state index in [0.29, 0.717) is 31.5 Å². The van der Waals surface area contributed by atoms with E-state index in [1.165, 1.54) is 0 Å². The van der Waals surface area contributed by atoms with Crippen molar-refractivity contribution in [3.63, 3.8) is 0 Å². The fourth-order valence-electron chi connectivity index (χ4n) is 2.47. The van der Waals surface area contributed by atoms with E-state index in [-0.39, 0.29) is 11.8 Å². The predicted molar refractivity (Wildman–Crippen MR) is 79.0 cm³/mol. The zero-order valence-electron chi connectivity index (χ0n) is 12.8. The first-order chi connectivity index (χ1) is 9.70. The molecule has 1 fully saturated rings. The van der Waals surface area contributed by atoms with Crippen molar-refractivity contribution in [2.45, 2.75) is 44.8 Å². The number of amides is 1. The van der Waals surface area contributed by atoms with Crippen molar-refractivity contribution in [2.75, 3.05) is 13.1 Å². The first-order valence-electron chi connectivity index (χ1n) is 7.19. The van der Waals surface area contributed by atoms with Crippen LogP contribution in [-0.2, 0) is 10.3 Å². The number of phenols is 1. The second-order valence-electron chi connectivity index (χ2n) is 6.55. The molecular formula is C16H23NO4. The first-order valence-corrected chi connectivity index (χ1v) is 7.19. The average molecular weight is 293 g/mol. The number of likely N-dealkylation sites (tertiary alicyclic amines) is 1. The van der Waals surface area contributed by atoms with Gasteiger partial charge in [-0.05, 0) is 51.3 Å². The van der Waals surface area contributed by atoms with Gasteiger partial charge in [-0.1, -0.05) is 12.1 Å². The highest BCUT2D eigenvalue weighted by atomic mass is 16.6. The van der Waals surface area contributed by atoms with Gasteiger partial charge in [0, 0.05) is 13.1 Å². The van der Waals surface area contributed by atoms with Gasteiger partial charge in [-0.3, -0.25) is 0 Å². The molecule has 1 aliphatic rings. The highest BCUT2D eigenvalue weighted by Gasteiger charge is 2.36. The Kier molecular flexibility index (Phi) is 4.14. The van der Waals surface area contributed by atoms with Gasteiger partial charge in [-0.2, -0.15) is 0 Å². The average Bonchev–Trinajstić information content (AvgIpc) is 2.37. The lowest BCUT2D eigenvalue weighted by Gasteiger charge is -2.38. The Morgan fingerprint density at radius 1 is 1.29 bits per heavy atom. The maximum absolute atomic E-state index is 12.0. The van der Waals surface area contributed by atoms with Gasteiger partial charge in [0.2, 0.25) is 0 Å². The summed E-state index contributed by atoms with van der Waals surface area (Å²) in [6.07, 6.45) is 0.506. The largest absolute Gasteiger partial charge is 0.508 e. The van der Waals surface area contributed by atoms with E-state index in [0.717, 1.165) is 0 Å². The molecule has 0 unspecified atom stereocenters. The maximum Gasteiger partial charge on any atom is 0.410 e. The van der Waals surface area contributed by atoms with Crippen molar-refractivity contribution in [2.24, 2.45) is 0 Å². The Bertz CT molecular complexity index is 513. The van der Waals surface area contributed by atoms with Gasteiger partial charge in [0.15, 0.2) is 0 Å². The number of aliphatic hydroxyl groups is 1. The molecule has 1 aromatic rings. The van der Waals surface area contributed by atoms with Crippen LogP contribution < -0.4 is 0 Å². The molecule has 5 nitrogen and oxygen atoms in total. The van der Waals surface area contributed by atoms with Crippen LogP contribution >= 0.6 is 0 Å². The van der Waals surface area contributed by atoms with Gasteiger partial charge in [0.1, 0.15) is 11.4 Å². The standard InChI is InChI=1S/C16H23NO4/c1-15(2,3)21-14(19)17-9-7-16(20,8-10-17)12-5-4-6-13(18)11-12/h4-6,11,18,20H,7-10H2,1-3H3. The van der Waals surface area contributed by atoms with Crippen LogP contribution in [0.25, 0.3) is 0 Å². The summed E-state index contributed by atoms with van der Waals surface area (Å²) < 4.78 is 5.34. The van der Waals surface area contributed by atoms with Crippen molar-refractivity contribution in [3.8, 4) is 5.75 Å². The summed E-state index contributed by atoms with van der Waals surface area (Å²) >= 11 is 0. The number of carbonyl (C=O) groups is 1. The predicted octanol–water partition coefficient (Wildman–Crippen LogP) is 2.61. The lowest BCUT2D eigenvalue weighted by Crippen LogP contribution is -2.46. The zero-order chi connectivity index (χ0) is 15.7. The number of aromatic hydroxyl groups is 1. The number of ether oxygens (including phenoxy) is 1. The molecule has 1 aliphatic heterocycles. The smallest absolute Gasteiger partial charge is 0.410 e. The molecule has 21 heavy (non-hydrogen) atoms. The molecule has 0 radical (unpaired) electrons. The second-order valence-corrected chi connectivity index (χ2v) is 6.55. The summed E-state index contributed by atoms with van der Waals surface area (Å²) in [4.78, 5) is 13.6. The Hall–Kier alpha value is -1.75. The number of rotatable bonds is 1. The van der Waals surface area contributed by atoms with Gasteiger partial charge in [-0.25, -0.2) is 4.79 Å². The van der Waals surface area contributed by atoms with Crippen LogP contribution in [0.5, 0.6) is 5.75 Å². The Labute approximate surface area is 125 Å². The van der Waals surface area contributed by atoms with Crippen molar-refractivity contribution < 1.29 is 19.7 Å². The Morgan fingerprint density at radius 3 is 2.43 bits per heavy atom. The molecule has 5 heteroatoms. The van der Waals surface area contributed by atoms with E-state index in [2.05, 4.69) is 0 Å². The van der Waals surface area contributed by atoms with Gasteiger partial charge in [-0.15, -0.1) is 0 Å².